The number of carbonyl (C=O) groups is 6. The molecule has 0 aromatic carbocycles. The maximum absolute atomic E-state index is 13.4. The van der Waals surface area contributed by atoms with Gasteiger partial charge in [-0.25, -0.2) is 4.79 Å². The largest absolute Gasteiger partial charge is 0.480 e. The number of nitrogens with one attached hydrogen (secondary N) is 5. The number of aliphatic carboxylic acids is 1. The van der Waals surface area contributed by atoms with Crippen LogP contribution in [0.5, 0.6) is 0 Å². The maximum Gasteiger partial charge on any atom is 0.326 e. The van der Waals surface area contributed by atoms with Crippen molar-refractivity contribution in [1.82, 2.24) is 26.6 Å². The molecule has 5 amide bonds. The summed E-state index contributed by atoms with van der Waals surface area (Å²) in [7, 11) is 0. The molecule has 0 unspecified atom stereocenters. The summed E-state index contributed by atoms with van der Waals surface area (Å²) in [4.78, 5) is 79.2. The number of carbonyl (C=O) groups excluding carboxylic acids is 5. The molecular weight excluding hydrogens is 576 g/mol. The number of carboxylic acids is 1. The summed E-state index contributed by atoms with van der Waals surface area (Å²) in [5.41, 5.74) is 21.4. The highest BCUT2D eigenvalue weighted by atomic mass is 16.4. The third-order valence-corrected chi connectivity index (χ3v) is 6.38. The molecule has 0 aliphatic heterocycles. The van der Waals surface area contributed by atoms with Crippen molar-refractivity contribution in [3.8, 4) is 0 Å². The zero-order chi connectivity index (χ0) is 33.8. The Morgan fingerprint density at radius 1 is 0.727 bits per heavy atom. The number of amides is 5. The van der Waals surface area contributed by atoms with Crippen LogP contribution in [0.2, 0.25) is 0 Å². The fraction of sp³-hybridized carbons (Fsp3) is 0.741. The third-order valence-electron chi connectivity index (χ3n) is 6.38. The SMILES string of the molecule is CC(C)C[C@H](NC(=O)[C@H](CCCCN)NC(=O)CNC(=O)CN)C(=O)N[C@H](C(=O)N[C@@H](CCCN=C(N)N)C(=O)O)C(C)C. The number of aliphatic imine (C=N–C) groups is 1. The van der Waals surface area contributed by atoms with Crippen molar-refractivity contribution >= 4 is 41.5 Å². The molecular formula is C27H52N10O7. The van der Waals surface area contributed by atoms with Gasteiger partial charge < -0.3 is 54.6 Å². The molecule has 0 aliphatic rings. The fourth-order valence-electron chi connectivity index (χ4n) is 4.04. The number of nitrogens with zero attached hydrogens (tertiary/aromatic N) is 1. The van der Waals surface area contributed by atoms with Crippen LogP contribution in [0.15, 0.2) is 4.99 Å². The normalized spacial score (nSPS) is 13.6. The van der Waals surface area contributed by atoms with Crippen molar-refractivity contribution in [1.29, 1.82) is 0 Å². The second-order valence-corrected chi connectivity index (χ2v) is 11.2. The smallest absolute Gasteiger partial charge is 0.326 e. The Morgan fingerprint density at radius 3 is 1.84 bits per heavy atom. The monoisotopic (exact) mass is 628 g/mol. The van der Waals surface area contributed by atoms with E-state index in [1.165, 1.54) is 0 Å². The van der Waals surface area contributed by atoms with Crippen LogP contribution in [0.3, 0.4) is 0 Å². The molecule has 0 saturated heterocycles. The van der Waals surface area contributed by atoms with Gasteiger partial charge >= 0.3 is 5.97 Å². The van der Waals surface area contributed by atoms with E-state index in [0.29, 0.717) is 25.8 Å². The predicted octanol–water partition coefficient (Wildman–Crippen LogP) is -3.03. The van der Waals surface area contributed by atoms with Gasteiger partial charge in [0, 0.05) is 6.54 Å². The molecule has 0 saturated carbocycles. The molecule has 0 fully saturated rings. The number of unbranched alkanes of at least 4 members (excludes halogenated alkanes) is 1. The zero-order valence-corrected chi connectivity index (χ0v) is 26.2. The lowest BCUT2D eigenvalue weighted by Gasteiger charge is -2.28. The summed E-state index contributed by atoms with van der Waals surface area (Å²) >= 11 is 0. The van der Waals surface area contributed by atoms with Gasteiger partial charge in [-0.15, -0.1) is 0 Å². The second kappa shape index (κ2) is 21.7. The van der Waals surface area contributed by atoms with Crippen molar-refractivity contribution in [3.63, 3.8) is 0 Å². The van der Waals surface area contributed by atoms with E-state index in [1.807, 2.05) is 13.8 Å². The Labute approximate surface area is 258 Å². The minimum Gasteiger partial charge on any atom is -0.480 e. The van der Waals surface area contributed by atoms with Crippen molar-refractivity contribution in [2.45, 2.75) is 90.4 Å². The van der Waals surface area contributed by atoms with Gasteiger partial charge in [-0.05, 0) is 56.9 Å². The number of guanidine groups is 1. The lowest BCUT2D eigenvalue weighted by Crippen LogP contribution is -2.59. The van der Waals surface area contributed by atoms with Gasteiger partial charge in [0.05, 0.1) is 13.1 Å². The van der Waals surface area contributed by atoms with Crippen LogP contribution in [-0.2, 0) is 28.8 Å². The number of carboxylic acid groups (broad SMARTS) is 1. The zero-order valence-electron chi connectivity index (χ0n) is 26.2. The molecule has 0 radical (unpaired) electrons. The van der Waals surface area contributed by atoms with Crippen LogP contribution < -0.4 is 49.5 Å². The number of hydrogen-bond acceptors (Lipinski definition) is 9. The van der Waals surface area contributed by atoms with E-state index in [4.69, 9.17) is 22.9 Å². The summed E-state index contributed by atoms with van der Waals surface area (Å²) in [6.45, 7) is 6.93. The Kier molecular flexibility index (Phi) is 19.7. The first-order valence-corrected chi connectivity index (χ1v) is 14.8. The third kappa shape index (κ3) is 17.2. The predicted molar refractivity (Wildman–Crippen MR) is 165 cm³/mol. The van der Waals surface area contributed by atoms with Crippen molar-refractivity contribution in [2.24, 2.45) is 39.8 Å². The Bertz CT molecular complexity index is 986. The van der Waals surface area contributed by atoms with Crippen LogP contribution in [-0.4, -0.2) is 96.9 Å². The standard InChI is InChI=1S/C27H52N10O7/c1-15(2)12-19(36-23(40)17(8-5-6-10-28)34-21(39)14-33-20(38)13-29)24(41)37-22(16(3)4)25(42)35-18(26(43)44)9-7-11-32-27(30)31/h15-19,22H,5-14,28-29H2,1-4H3,(H,33,38)(H,34,39)(H,35,42)(H,36,40)(H,37,41)(H,43,44)(H4,30,31,32)/t17-,18-,19-,22-/m0/s1. The molecule has 44 heavy (non-hydrogen) atoms. The van der Waals surface area contributed by atoms with Crippen LogP contribution in [0.25, 0.3) is 0 Å². The first kappa shape index (κ1) is 40.0. The van der Waals surface area contributed by atoms with Crippen LogP contribution >= 0.6 is 0 Å². The molecule has 0 aliphatic carbocycles. The van der Waals surface area contributed by atoms with E-state index in [1.54, 1.807) is 13.8 Å². The Morgan fingerprint density at radius 2 is 1.32 bits per heavy atom. The van der Waals surface area contributed by atoms with Crippen LogP contribution in [0, 0.1) is 11.8 Å². The van der Waals surface area contributed by atoms with Gasteiger partial charge in [-0.1, -0.05) is 27.7 Å². The Hall–Kier alpha value is -3.99. The molecule has 0 heterocycles. The average Bonchev–Trinajstić information content (AvgIpc) is 2.94. The molecule has 17 heteroatoms. The maximum atomic E-state index is 13.4. The van der Waals surface area contributed by atoms with E-state index in [-0.39, 0.29) is 50.8 Å². The van der Waals surface area contributed by atoms with Crippen molar-refractivity contribution in [3.05, 3.63) is 0 Å². The van der Waals surface area contributed by atoms with E-state index in [2.05, 4.69) is 31.6 Å². The topological polar surface area (TPSA) is 299 Å². The first-order chi connectivity index (χ1) is 20.6. The van der Waals surface area contributed by atoms with Gasteiger partial charge in [0.1, 0.15) is 24.2 Å². The molecule has 14 N–H and O–H groups in total. The highest BCUT2D eigenvalue weighted by Crippen LogP contribution is 2.10. The van der Waals surface area contributed by atoms with Gasteiger partial charge in [-0.3, -0.25) is 29.0 Å². The molecule has 0 aromatic heterocycles. The molecule has 0 aromatic rings. The summed E-state index contributed by atoms with van der Waals surface area (Å²) in [6.07, 6.45) is 1.89. The lowest BCUT2D eigenvalue weighted by atomic mass is 9.99. The minimum absolute atomic E-state index is 0.0456. The van der Waals surface area contributed by atoms with Gasteiger partial charge in [0.2, 0.25) is 29.5 Å². The van der Waals surface area contributed by atoms with E-state index in [9.17, 15) is 33.9 Å². The van der Waals surface area contributed by atoms with Gasteiger partial charge in [-0.2, -0.15) is 0 Å². The van der Waals surface area contributed by atoms with Crippen LogP contribution in [0.4, 0.5) is 0 Å². The minimum atomic E-state index is -1.26. The van der Waals surface area contributed by atoms with Gasteiger partial charge in [0.15, 0.2) is 5.96 Å². The molecule has 252 valence electrons. The molecule has 0 rings (SSSR count). The molecule has 17 nitrogen and oxygen atoms in total. The van der Waals surface area contributed by atoms with E-state index < -0.39 is 65.6 Å². The highest BCUT2D eigenvalue weighted by molar-refractivity contribution is 5.95. The van der Waals surface area contributed by atoms with Crippen LogP contribution in [0.1, 0.15) is 66.2 Å². The number of hydrogen-bond donors (Lipinski definition) is 10. The van der Waals surface area contributed by atoms with Crippen molar-refractivity contribution in [2.75, 3.05) is 26.2 Å². The summed E-state index contributed by atoms with van der Waals surface area (Å²) in [5.74, 6) is -5.01. The quantitative estimate of drug-likeness (QED) is 0.0327. The lowest BCUT2D eigenvalue weighted by molar-refractivity contribution is -0.142. The average molecular weight is 629 g/mol. The van der Waals surface area contributed by atoms with Gasteiger partial charge in [0.25, 0.3) is 0 Å². The summed E-state index contributed by atoms with van der Waals surface area (Å²) < 4.78 is 0. The van der Waals surface area contributed by atoms with E-state index >= 15 is 0 Å². The molecule has 0 bridgehead atoms. The second-order valence-electron chi connectivity index (χ2n) is 11.2. The fourth-order valence-corrected chi connectivity index (χ4v) is 4.04. The summed E-state index contributed by atoms with van der Waals surface area (Å²) in [6, 6.07) is -4.45. The first-order valence-electron chi connectivity index (χ1n) is 14.8. The number of nitrogens with two attached hydrogens (primary N) is 4. The van der Waals surface area contributed by atoms with Crippen molar-refractivity contribution < 1.29 is 33.9 Å². The summed E-state index contributed by atoms with van der Waals surface area (Å²) in [5, 5.41) is 22.3. The number of rotatable bonds is 22. The Balaban J connectivity index is 5.69. The molecule has 4 atom stereocenters. The molecule has 0 spiro atoms. The highest BCUT2D eigenvalue weighted by Gasteiger charge is 2.32. The van der Waals surface area contributed by atoms with E-state index in [0.717, 1.165) is 0 Å².